The molecule has 2 aromatic carbocycles. The Labute approximate surface area is 727 Å². The first-order valence-corrected chi connectivity index (χ1v) is 79.0. The molecule has 0 heterocycles. The van der Waals surface area contributed by atoms with E-state index in [9.17, 15) is 48.3 Å². The van der Waals surface area contributed by atoms with Crippen molar-refractivity contribution in [1.82, 2.24) is 0 Å². The molecule has 0 bridgehead atoms. The van der Waals surface area contributed by atoms with Gasteiger partial charge in [0, 0.05) is 0 Å². The van der Waals surface area contributed by atoms with Gasteiger partial charge in [-0.1, -0.05) is 20.3 Å². The second kappa shape index (κ2) is 77.0. The Morgan fingerprint density at radius 2 is 0.811 bits per heavy atom. The molecule has 8 atom stereocenters. The van der Waals surface area contributed by atoms with E-state index < -0.39 is 122 Å². The molecule has 19 nitrogen and oxygen atoms in total. The first-order valence-electron chi connectivity index (χ1n) is 37.9. The van der Waals surface area contributed by atoms with Crippen molar-refractivity contribution in [2.24, 2.45) is 0 Å². The normalized spacial score (nSPS) is 13.1. The molecule has 0 fully saturated rings. The molecule has 644 valence electrons. The van der Waals surface area contributed by atoms with Gasteiger partial charge < -0.3 is 0 Å². The minimum Gasteiger partial charge on any atom is -0.0654 e. The van der Waals surface area contributed by atoms with Crippen LogP contribution in [0.3, 0.4) is 0 Å². The summed E-state index contributed by atoms with van der Waals surface area (Å²) in [5.74, 6) is 0.160. The fourth-order valence-corrected chi connectivity index (χ4v) is 38.0. The van der Waals surface area contributed by atoms with Gasteiger partial charge in [-0.25, -0.2) is 0 Å². The van der Waals surface area contributed by atoms with Gasteiger partial charge in [0.1, 0.15) is 0 Å². The van der Waals surface area contributed by atoms with Crippen LogP contribution < -0.4 is 0 Å². The summed E-state index contributed by atoms with van der Waals surface area (Å²) in [6.45, 7) is 23.7. The molecule has 2 aromatic rings. The third-order valence-corrected chi connectivity index (χ3v) is 53.3. The summed E-state index contributed by atoms with van der Waals surface area (Å²) < 4.78 is 43.6. The summed E-state index contributed by atoms with van der Waals surface area (Å²) in [4.78, 5) is 103. The van der Waals surface area contributed by atoms with Gasteiger partial charge in [0.25, 0.3) is 0 Å². The van der Waals surface area contributed by atoms with Crippen LogP contribution in [0.2, 0.25) is 66.5 Å². The van der Waals surface area contributed by atoms with E-state index in [-0.39, 0.29) is 85.8 Å². The molecule has 0 saturated heterocycles. The second-order valence-electron chi connectivity index (χ2n) is 26.6. The fourth-order valence-electron chi connectivity index (χ4n) is 8.45. The Bertz CT molecular complexity index is 2700. The smallest absolute Gasteiger partial charge is 0.0654 e. The molecule has 0 radical (unpaired) electrons. The number of rotatable bonds is 52. The van der Waals surface area contributed by atoms with E-state index >= 15 is 0 Å². The van der Waals surface area contributed by atoms with Crippen molar-refractivity contribution >= 4 is 218 Å². The van der Waals surface area contributed by atoms with Crippen molar-refractivity contribution < 1.29 is 91.3 Å². The van der Waals surface area contributed by atoms with Gasteiger partial charge in [-0.15, -0.1) is 0 Å². The monoisotopic (exact) mass is 2090 g/mol. The van der Waals surface area contributed by atoms with Crippen LogP contribution in [-0.4, -0.2) is 241 Å². The maximum atomic E-state index is 12.3. The topological polar surface area (TPSA) is 268 Å². The van der Waals surface area contributed by atoms with Crippen molar-refractivity contribution in [3.8, 4) is 0 Å². The van der Waals surface area contributed by atoms with Crippen LogP contribution in [-0.2, 0) is 76.3 Å². The Morgan fingerprint density at radius 1 is 0.423 bits per heavy atom. The summed E-state index contributed by atoms with van der Waals surface area (Å²) in [5, 5.41) is 16.3. The third kappa shape index (κ3) is 76.8. The number of carboxylic acids is 1. The quantitative estimate of drug-likeness (QED) is 0.0205. The number of halogens is 2. The number of hydrogen-bond acceptors (Lipinski definition) is 24. The van der Waals surface area contributed by atoms with Crippen LogP contribution >= 0.6 is 83.3 Å². The first kappa shape index (κ1) is 117. The number of esters is 8. The molecular weight excluding hydrogens is 1950 g/mol. The predicted octanol–water partition coefficient (Wildman–Crippen LogP) is 20.3. The molecule has 0 aliphatic carbocycles. The van der Waals surface area contributed by atoms with Gasteiger partial charge in [-0.3, -0.25) is 0 Å². The molecular formula is C78H138As6Cl2O19S6. The number of aliphatic hydroxyl groups excluding tert-OH is 1. The number of carbonyl (C=O) groups is 9. The summed E-state index contributed by atoms with van der Waals surface area (Å²) >= 11 is 6.76. The van der Waals surface area contributed by atoms with E-state index in [4.69, 9.17) is 66.2 Å². The van der Waals surface area contributed by atoms with Crippen LogP contribution in [0, 0.1) is 0 Å². The number of aliphatic hydroxyl groups is 1. The molecule has 2 rings (SSSR count). The Kier molecular flexibility index (Phi) is 81.2. The number of ether oxygens (including phenoxy) is 8. The van der Waals surface area contributed by atoms with Crippen molar-refractivity contribution in [1.29, 1.82) is 0 Å². The van der Waals surface area contributed by atoms with Crippen molar-refractivity contribution in [2.45, 2.75) is 299 Å². The first-order chi connectivity index (χ1) is 52.3. The van der Waals surface area contributed by atoms with Gasteiger partial charge in [-0.05, 0) is 0 Å². The summed E-state index contributed by atoms with van der Waals surface area (Å²) in [7, 11) is 11.0. The van der Waals surface area contributed by atoms with Crippen LogP contribution in [0.1, 0.15) is 207 Å². The van der Waals surface area contributed by atoms with Gasteiger partial charge >= 0.3 is 715 Å². The SMILES string of the molecule is CC(=O)OCC(CS[As](C)C)OC(=O)c1ccccc1.CC(=O)OCC(CS[As](C)C)OC(C)=O.CC(Cl)C(=O)OCC(CS[As](C)C)OC(=O)C(Cl)c1ccccc1.CCC(O)CS[As](C(C)C)C(C)C.CCC(S[As](C)C)C(=O)O.CCCCCCCCC(=O)OCC(CS[As](C)C)OC(=O)CCCCCCCC. The molecule has 0 aliphatic heterocycles. The van der Waals surface area contributed by atoms with Crippen molar-refractivity contribution in [2.75, 3.05) is 55.2 Å². The van der Waals surface area contributed by atoms with Crippen LogP contribution in [0.25, 0.3) is 0 Å². The molecule has 0 aromatic heterocycles. The number of carbonyl (C=O) groups excluding carboxylic acids is 8. The standard InChI is InChI=1S/C23H45AsO4S.C16H21AsCl2O4S.C14H19AsO4S.C10H23AsOS.C9H17AsO4S.C6H13AsO2S/c1-5-7-9-11-13-15-17-22(25)27-19-21(20-29-24(3)4)28-23(26)18-16-14-12-10-8-6-2;1-11(18)15(20)22-9-13(10-24-17(2)3)23-16(21)14(19)12-7-5-4-6-8-12;1-11(16)18-9-13(10-20-15(2)3)19-14(17)12-7-5-4-6-8-12;1-6-10(12)7-13-11(8(2)3)9(4)5;1-7(11)13-5-9(14-8(2)12)6-15-10(3)4;1-4-5(6(8)9)10-7(2)3/h21H,5-20H2,1-4H3;4-8,11,13-14H,9-10H2,1-3H3;4-8,13H,9-10H2,1-3H3;8-10,12H,6-7H2,1-5H3;9H,5-6H2,1-4H3;5H,4H2,1-3H3,(H,8,9). The second-order valence-corrected chi connectivity index (χ2v) is 85.0. The van der Waals surface area contributed by atoms with Crippen LogP contribution in [0.5, 0.6) is 0 Å². The van der Waals surface area contributed by atoms with Gasteiger partial charge in [-0.2, -0.15) is 0 Å². The zero-order valence-corrected chi connectivity index (χ0v) is 88.1. The summed E-state index contributed by atoms with van der Waals surface area (Å²) in [6.07, 6.45) is 14.8. The van der Waals surface area contributed by atoms with E-state index in [0.717, 1.165) is 59.4 Å². The molecule has 2 N–H and O–H groups in total. The van der Waals surface area contributed by atoms with Gasteiger partial charge in [0.2, 0.25) is 0 Å². The molecule has 8 unspecified atom stereocenters. The predicted molar refractivity (Wildman–Crippen MR) is 484 cm³/mol. The van der Waals surface area contributed by atoms with E-state index in [1.165, 1.54) is 79.1 Å². The van der Waals surface area contributed by atoms with E-state index in [2.05, 4.69) is 109 Å². The number of alkyl halides is 2. The Balaban J connectivity index is -0.000000639. The average molecular weight is 2090 g/mol. The summed E-state index contributed by atoms with van der Waals surface area (Å²) in [5.41, 5.74) is 23.2. The summed E-state index contributed by atoms with van der Waals surface area (Å²) in [6, 6.07) is 17.8. The van der Waals surface area contributed by atoms with Crippen LogP contribution in [0.4, 0.5) is 0 Å². The zero-order valence-electron chi connectivity index (χ0n) is 70.4. The maximum absolute atomic E-state index is 12.3. The van der Waals surface area contributed by atoms with Crippen LogP contribution in [0.15, 0.2) is 60.7 Å². The Morgan fingerprint density at radius 3 is 1.18 bits per heavy atom. The van der Waals surface area contributed by atoms with Gasteiger partial charge in [0.15, 0.2) is 0 Å². The van der Waals surface area contributed by atoms with E-state index in [1.807, 2.05) is 46.0 Å². The number of benzene rings is 2. The number of hydrogen-bond donors (Lipinski definition) is 2. The minimum atomic E-state index is -0.962. The number of aliphatic carboxylic acids is 1. The molecule has 33 heteroatoms. The average Bonchev–Trinajstić information content (AvgIpc) is 0.876. The minimum absolute atomic E-state index is 0.0186. The number of unbranched alkanes of at least 4 members (excludes halogenated alkanes) is 10. The van der Waals surface area contributed by atoms with E-state index in [1.54, 1.807) is 78.6 Å². The Hall–Kier alpha value is -0.339. The molecule has 111 heavy (non-hydrogen) atoms. The van der Waals surface area contributed by atoms with E-state index in [0.29, 0.717) is 41.2 Å². The molecule has 0 aliphatic rings. The van der Waals surface area contributed by atoms with Gasteiger partial charge in [0.05, 0.1) is 0 Å². The molecule has 0 saturated carbocycles. The zero-order chi connectivity index (χ0) is 85.2. The third-order valence-electron chi connectivity index (χ3n) is 14.0. The molecule has 0 spiro atoms. The molecule has 0 amide bonds. The number of carboxylic acid groups (broad SMARTS) is 1. The fraction of sp³-hybridized carbons (Fsp3) is 0.731. The van der Waals surface area contributed by atoms with Crippen molar-refractivity contribution in [3.05, 3.63) is 71.8 Å². The van der Waals surface area contributed by atoms with Crippen molar-refractivity contribution in [3.63, 3.8) is 0 Å².